The number of aliphatic hydroxyl groups excluding tert-OH is 2. The van der Waals surface area contributed by atoms with Crippen molar-refractivity contribution in [1.29, 1.82) is 0 Å². The molecule has 368 valence electrons. The molecule has 2 aromatic carbocycles. The molecule has 0 atom stereocenters. The summed E-state index contributed by atoms with van der Waals surface area (Å²) >= 11 is 2.99. The number of ether oxygens (including phenoxy) is 2. The van der Waals surface area contributed by atoms with Gasteiger partial charge in [0.25, 0.3) is 0 Å². The van der Waals surface area contributed by atoms with Crippen molar-refractivity contribution >= 4 is 57.7 Å². The van der Waals surface area contributed by atoms with Crippen LogP contribution in [0, 0.1) is 13.8 Å². The highest BCUT2D eigenvalue weighted by Gasteiger charge is 2.19. The van der Waals surface area contributed by atoms with Crippen LogP contribution in [0.2, 0.25) is 0 Å². The van der Waals surface area contributed by atoms with Crippen LogP contribution in [0.25, 0.3) is 22.5 Å². The smallest absolute Gasteiger partial charge is 0.345 e. The third-order valence-corrected chi connectivity index (χ3v) is 14.1. The number of aromatic carboxylic acids is 1. The number of nitrogens with two attached hydrogens (primary N) is 1. The average molecular weight is 998 g/mol. The van der Waals surface area contributed by atoms with Gasteiger partial charge in [-0.3, -0.25) is 14.2 Å². The number of benzene rings is 2. The fourth-order valence-corrected chi connectivity index (χ4v) is 9.96. The standard InChI is InChI=1S/C26H27N5O3S.C17H20N6O.C8H8O3S/c1-17-12-19(22-6-8-27-26(30-22)29-21-14-28-31(15-21)9-10-32)3-2-18(17)4-5-23(33)25-13-20-16-34-11-7-24(20)35-25;1-12-8-13(2-3-14(12)9-18)16-4-5-19-17(22-16)21-15-10-20-23(11-15)6-7-24;9-8(10)7-3-5-4-11-2-1-6(5)12-7/h2-3,6,8,12-15,32H,4-5,7,9-11,16H2,1H3,(H,27,29,30);2-5,8,10-11,24H,6-7,9,18H2,1H3,(H,19,21,22);3H,1-2,4H2,(H,9,10). The van der Waals surface area contributed by atoms with E-state index in [1.54, 1.807) is 63.9 Å². The lowest BCUT2D eigenvalue weighted by atomic mass is 9.98. The predicted octanol–water partition coefficient (Wildman–Crippen LogP) is 7.70. The van der Waals surface area contributed by atoms with Gasteiger partial charge in [-0.1, -0.05) is 24.3 Å². The van der Waals surface area contributed by atoms with Gasteiger partial charge in [0.1, 0.15) is 4.88 Å². The van der Waals surface area contributed by atoms with Crippen LogP contribution in [0.4, 0.5) is 23.3 Å². The number of aromatic nitrogens is 8. The lowest BCUT2D eigenvalue weighted by molar-refractivity contribution is 0.0701. The number of carboxylic acids is 1. The van der Waals surface area contributed by atoms with Gasteiger partial charge in [0.05, 0.1) is 92.8 Å². The van der Waals surface area contributed by atoms with Crippen molar-refractivity contribution in [1.82, 2.24) is 39.5 Å². The molecule has 10 rings (SSSR count). The van der Waals surface area contributed by atoms with E-state index in [4.69, 9.17) is 30.5 Å². The number of rotatable bonds is 16. The van der Waals surface area contributed by atoms with Crippen LogP contribution >= 0.6 is 22.7 Å². The number of hydrogen-bond donors (Lipinski definition) is 6. The number of hydrogen-bond acceptors (Lipinski definition) is 17. The van der Waals surface area contributed by atoms with E-state index in [1.165, 1.54) is 26.7 Å². The first-order chi connectivity index (χ1) is 34.5. The van der Waals surface area contributed by atoms with E-state index in [0.29, 0.717) is 69.1 Å². The van der Waals surface area contributed by atoms with E-state index in [2.05, 4.69) is 65.9 Å². The van der Waals surface area contributed by atoms with E-state index >= 15 is 0 Å². The Morgan fingerprint density at radius 3 is 1.69 bits per heavy atom. The van der Waals surface area contributed by atoms with Crippen LogP contribution in [0.1, 0.15) is 68.9 Å². The molecular formula is C51H55N11O7S2. The van der Waals surface area contributed by atoms with Crippen molar-refractivity contribution in [3.63, 3.8) is 0 Å². The Labute approximate surface area is 418 Å². The molecule has 0 amide bonds. The minimum atomic E-state index is -0.839. The molecule has 6 aromatic heterocycles. The average Bonchev–Trinajstić information content (AvgIpc) is 4.22. The van der Waals surface area contributed by atoms with Gasteiger partial charge < -0.3 is 41.2 Å². The van der Waals surface area contributed by atoms with Crippen LogP contribution < -0.4 is 16.4 Å². The highest BCUT2D eigenvalue weighted by atomic mass is 32.1. The molecule has 0 spiro atoms. The second kappa shape index (κ2) is 24.2. The quantitative estimate of drug-likeness (QED) is 0.0508. The number of nitrogens with zero attached hydrogens (tertiary/aromatic N) is 8. The number of thiophene rings is 2. The van der Waals surface area contributed by atoms with E-state index < -0.39 is 5.97 Å². The minimum Gasteiger partial charge on any atom is -0.477 e. The predicted molar refractivity (Wildman–Crippen MR) is 272 cm³/mol. The van der Waals surface area contributed by atoms with Crippen molar-refractivity contribution < 1.29 is 34.4 Å². The summed E-state index contributed by atoms with van der Waals surface area (Å²) in [5.74, 6) is 0.329. The molecule has 2 aliphatic heterocycles. The first-order valence-corrected chi connectivity index (χ1v) is 24.7. The van der Waals surface area contributed by atoms with E-state index in [1.807, 2.05) is 43.3 Å². The number of fused-ring (bicyclic) bond motifs is 2. The molecule has 0 fully saturated rings. The Hall–Kier alpha value is -7.04. The molecule has 0 saturated heterocycles. The first-order valence-electron chi connectivity index (χ1n) is 23.1. The summed E-state index contributed by atoms with van der Waals surface area (Å²) in [4.78, 5) is 44.8. The molecule has 7 N–H and O–H groups in total. The van der Waals surface area contributed by atoms with E-state index in [0.717, 1.165) is 86.0 Å². The molecule has 0 aliphatic carbocycles. The molecule has 8 aromatic rings. The van der Waals surface area contributed by atoms with Crippen LogP contribution in [0.3, 0.4) is 0 Å². The number of Topliss-reactive ketones (excluding diaryl/α,β-unsaturated/α-hetero) is 1. The molecule has 18 nitrogen and oxygen atoms in total. The highest BCUT2D eigenvalue weighted by molar-refractivity contribution is 7.14. The second-order valence-electron chi connectivity index (χ2n) is 16.7. The molecule has 0 bridgehead atoms. The Kier molecular flexibility index (Phi) is 17.2. The maximum atomic E-state index is 12.8. The van der Waals surface area contributed by atoms with Gasteiger partial charge in [-0.2, -0.15) is 10.2 Å². The van der Waals surface area contributed by atoms with Gasteiger partial charge in [-0.15, -0.1) is 22.7 Å². The van der Waals surface area contributed by atoms with Gasteiger partial charge in [0.15, 0.2) is 5.78 Å². The van der Waals surface area contributed by atoms with E-state index in [9.17, 15) is 9.59 Å². The molecular weight excluding hydrogens is 943 g/mol. The number of nitrogens with one attached hydrogen (secondary N) is 2. The molecule has 0 radical (unpaired) electrons. The Morgan fingerprint density at radius 1 is 0.704 bits per heavy atom. The largest absolute Gasteiger partial charge is 0.477 e. The third-order valence-electron chi connectivity index (χ3n) is 11.6. The van der Waals surface area contributed by atoms with Crippen LogP contribution in [-0.4, -0.2) is 93.0 Å². The summed E-state index contributed by atoms with van der Waals surface area (Å²) in [5.41, 5.74) is 17.7. The summed E-state index contributed by atoms with van der Waals surface area (Å²) in [6.07, 6.45) is 13.3. The van der Waals surface area contributed by atoms with Crippen LogP contribution in [-0.2, 0) is 61.6 Å². The number of aryl methyl sites for hydroxylation is 3. The van der Waals surface area contributed by atoms with Gasteiger partial charge in [0.2, 0.25) is 11.9 Å². The summed E-state index contributed by atoms with van der Waals surface area (Å²) in [5, 5.41) is 41.3. The molecule has 20 heteroatoms. The van der Waals surface area contributed by atoms with Gasteiger partial charge in [0, 0.05) is 71.5 Å². The number of carbonyl (C=O) groups excluding carboxylic acids is 1. The third kappa shape index (κ3) is 13.4. The normalized spacial score (nSPS) is 12.7. The number of carboxylic acid groups (broad SMARTS) is 1. The SMILES string of the molecule is Cc1cc(-c2ccnc(Nc3cnn(CCO)c3)n2)ccc1CCC(=O)c1cc2c(s1)CCOC2.Cc1cc(-c2ccnc(Nc3cnn(CCO)c3)n2)ccc1CN.O=C(O)c1cc2c(s1)CCOC2. The fraction of sp³-hybridized carbons (Fsp3) is 0.294. The fourth-order valence-electron chi connectivity index (χ4n) is 7.85. The molecule has 0 unspecified atom stereocenters. The van der Waals surface area contributed by atoms with Gasteiger partial charge in [-0.05, 0) is 90.0 Å². The lowest BCUT2D eigenvalue weighted by Crippen LogP contribution is -2.05. The second-order valence-corrected chi connectivity index (χ2v) is 18.9. The van der Waals surface area contributed by atoms with Crippen LogP contribution in [0.5, 0.6) is 0 Å². The van der Waals surface area contributed by atoms with Crippen LogP contribution in [0.15, 0.2) is 97.8 Å². The molecule has 2 aliphatic rings. The number of aliphatic hydroxyl groups is 2. The zero-order valence-corrected chi connectivity index (χ0v) is 41.0. The van der Waals surface area contributed by atoms with Crippen molar-refractivity contribution in [2.24, 2.45) is 5.73 Å². The molecule has 71 heavy (non-hydrogen) atoms. The monoisotopic (exact) mass is 997 g/mol. The van der Waals surface area contributed by atoms with Crippen molar-refractivity contribution in [3.05, 3.63) is 151 Å². The minimum absolute atomic E-state index is 0.0297. The topological polar surface area (TPSA) is 251 Å². The number of anilines is 4. The van der Waals surface area contributed by atoms with Crippen molar-refractivity contribution in [2.75, 3.05) is 37.1 Å². The Bertz CT molecular complexity index is 3040. The van der Waals surface area contributed by atoms with E-state index in [-0.39, 0.29) is 19.0 Å². The highest BCUT2D eigenvalue weighted by Crippen LogP contribution is 2.30. The summed E-state index contributed by atoms with van der Waals surface area (Å²) < 4.78 is 14.0. The first kappa shape index (κ1) is 50.4. The summed E-state index contributed by atoms with van der Waals surface area (Å²) in [6.45, 7) is 8.25. The number of ketones is 1. The maximum absolute atomic E-state index is 12.8. The summed E-state index contributed by atoms with van der Waals surface area (Å²) in [7, 11) is 0. The number of carbonyl (C=O) groups is 2. The maximum Gasteiger partial charge on any atom is 0.345 e. The van der Waals surface area contributed by atoms with Crippen molar-refractivity contribution in [2.45, 2.75) is 72.4 Å². The van der Waals surface area contributed by atoms with Gasteiger partial charge >= 0.3 is 5.97 Å². The van der Waals surface area contributed by atoms with Crippen molar-refractivity contribution in [3.8, 4) is 22.5 Å². The zero-order valence-electron chi connectivity index (χ0n) is 39.4. The zero-order chi connectivity index (χ0) is 49.7. The summed E-state index contributed by atoms with van der Waals surface area (Å²) in [6, 6.07) is 19.8. The Morgan fingerprint density at radius 2 is 1.21 bits per heavy atom. The van der Waals surface area contributed by atoms with Gasteiger partial charge in [-0.25, -0.2) is 24.7 Å². The Balaban J connectivity index is 0.000000161. The molecule has 0 saturated carbocycles. The molecule has 8 heterocycles. The lowest BCUT2D eigenvalue weighted by Gasteiger charge is -2.10.